The first-order valence-corrected chi connectivity index (χ1v) is 9.03. The zero-order valence-corrected chi connectivity index (χ0v) is 17.3. The van der Waals surface area contributed by atoms with Gasteiger partial charge in [0.05, 0.1) is 30.9 Å². The van der Waals surface area contributed by atoms with Crippen LogP contribution in [0.15, 0.2) is 42.5 Å². The van der Waals surface area contributed by atoms with Crippen LogP contribution in [-0.2, 0) is 9.47 Å². The number of amides is 1. The molecule has 0 aromatic heterocycles. The van der Waals surface area contributed by atoms with E-state index in [9.17, 15) is 14.4 Å². The second-order valence-corrected chi connectivity index (χ2v) is 6.74. The number of rotatable bonds is 4. The number of thiocarbonyl (C=S) groups is 1. The van der Waals surface area contributed by atoms with Gasteiger partial charge in [-0.15, -0.1) is 0 Å². The number of methoxy groups -OCH3 is 2. The van der Waals surface area contributed by atoms with Gasteiger partial charge in [-0.2, -0.15) is 0 Å². The SMILES string of the molecule is COC(=O)c1cc(NC(=S)NC(=O)c2ccccc2I)cc(C(=O)OC)c1. The van der Waals surface area contributed by atoms with E-state index in [1.54, 1.807) is 18.2 Å². The average Bonchev–Trinajstić information content (AvgIpc) is 2.66. The molecular weight excluding hydrogens is 483 g/mol. The molecule has 140 valence electrons. The van der Waals surface area contributed by atoms with Crippen LogP contribution in [-0.4, -0.2) is 37.2 Å². The minimum Gasteiger partial charge on any atom is -0.465 e. The third kappa shape index (κ3) is 5.47. The van der Waals surface area contributed by atoms with Crippen LogP contribution in [0.3, 0.4) is 0 Å². The molecule has 0 spiro atoms. The summed E-state index contributed by atoms with van der Waals surface area (Å²) in [4.78, 5) is 35.9. The Hall–Kier alpha value is -2.53. The van der Waals surface area contributed by atoms with Gasteiger partial charge in [0.1, 0.15) is 0 Å². The Bertz CT molecular complexity index is 882. The van der Waals surface area contributed by atoms with Crippen LogP contribution in [0.2, 0.25) is 0 Å². The molecular formula is C18H15IN2O5S. The zero-order valence-electron chi connectivity index (χ0n) is 14.4. The fraction of sp³-hybridized carbons (Fsp3) is 0.111. The minimum absolute atomic E-state index is 0.0116. The molecule has 0 saturated carbocycles. The molecule has 9 heteroatoms. The summed E-state index contributed by atoms with van der Waals surface area (Å²) < 4.78 is 10.1. The zero-order chi connectivity index (χ0) is 20.0. The molecule has 27 heavy (non-hydrogen) atoms. The quantitative estimate of drug-likeness (QED) is 0.381. The summed E-state index contributed by atoms with van der Waals surface area (Å²) in [6, 6.07) is 11.3. The van der Waals surface area contributed by atoms with E-state index in [0.29, 0.717) is 11.3 Å². The lowest BCUT2D eigenvalue weighted by atomic mass is 10.1. The Kier molecular flexibility index (Phi) is 7.25. The number of hydrogen-bond acceptors (Lipinski definition) is 6. The standard InChI is InChI=1S/C18H15IN2O5S/c1-25-16(23)10-7-11(17(24)26-2)9-12(8-10)20-18(27)21-15(22)13-5-3-4-6-14(13)19/h3-9H,1-2H3,(H2,20,21,22,27). The molecule has 2 rings (SSSR count). The fourth-order valence-corrected chi connectivity index (χ4v) is 2.99. The molecule has 0 aliphatic heterocycles. The summed E-state index contributed by atoms with van der Waals surface area (Å²) in [5, 5.41) is 5.35. The molecule has 0 saturated heterocycles. The summed E-state index contributed by atoms with van der Waals surface area (Å²) in [7, 11) is 2.46. The van der Waals surface area contributed by atoms with Crippen molar-refractivity contribution in [3.8, 4) is 0 Å². The monoisotopic (exact) mass is 498 g/mol. The lowest BCUT2D eigenvalue weighted by molar-refractivity contribution is 0.0599. The normalized spacial score (nSPS) is 9.89. The number of ether oxygens (including phenoxy) is 2. The van der Waals surface area contributed by atoms with E-state index in [2.05, 4.69) is 42.7 Å². The predicted molar refractivity (Wildman–Crippen MR) is 112 cm³/mol. The minimum atomic E-state index is -0.627. The van der Waals surface area contributed by atoms with Gasteiger partial charge >= 0.3 is 11.9 Å². The lowest BCUT2D eigenvalue weighted by Crippen LogP contribution is -2.34. The van der Waals surface area contributed by atoms with Crippen molar-refractivity contribution in [3.63, 3.8) is 0 Å². The molecule has 0 bridgehead atoms. The molecule has 1 amide bonds. The van der Waals surface area contributed by atoms with E-state index >= 15 is 0 Å². The molecule has 0 heterocycles. The van der Waals surface area contributed by atoms with Gasteiger partial charge in [0.2, 0.25) is 0 Å². The van der Waals surface area contributed by atoms with E-state index in [-0.39, 0.29) is 22.1 Å². The maximum Gasteiger partial charge on any atom is 0.337 e. The molecule has 7 nitrogen and oxygen atoms in total. The number of nitrogens with one attached hydrogen (secondary N) is 2. The van der Waals surface area contributed by atoms with Crippen LogP contribution >= 0.6 is 34.8 Å². The summed E-state index contributed by atoms with van der Waals surface area (Å²) in [5.41, 5.74) is 1.07. The first-order chi connectivity index (χ1) is 12.8. The van der Waals surface area contributed by atoms with Gasteiger partial charge in [-0.1, -0.05) is 12.1 Å². The van der Waals surface area contributed by atoms with E-state index in [1.807, 2.05) is 6.07 Å². The largest absolute Gasteiger partial charge is 0.465 e. The molecule has 2 aromatic rings. The van der Waals surface area contributed by atoms with Gasteiger partial charge in [0.15, 0.2) is 5.11 Å². The number of esters is 2. The number of carbonyl (C=O) groups excluding carboxylic acids is 3. The number of carbonyl (C=O) groups is 3. The first kappa shape index (κ1) is 20.8. The molecule has 0 atom stereocenters. The van der Waals surface area contributed by atoms with Crippen molar-refractivity contribution in [1.82, 2.24) is 5.32 Å². The molecule has 0 aliphatic carbocycles. The van der Waals surface area contributed by atoms with E-state index in [1.165, 1.54) is 32.4 Å². The molecule has 0 unspecified atom stereocenters. The molecule has 0 aliphatic rings. The van der Waals surface area contributed by atoms with Crippen molar-refractivity contribution in [2.45, 2.75) is 0 Å². The van der Waals surface area contributed by atoms with Crippen LogP contribution < -0.4 is 10.6 Å². The summed E-state index contributed by atoms with van der Waals surface area (Å²) >= 11 is 7.20. The Labute approximate surface area is 174 Å². The fourth-order valence-electron chi connectivity index (χ4n) is 2.15. The van der Waals surface area contributed by atoms with Gasteiger partial charge in [-0.25, -0.2) is 9.59 Å². The number of benzene rings is 2. The third-order valence-corrected chi connectivity index (χ3v) is 4.52. The Balaban J connectivity index is 2.21. The van der Waals surface area contributed by atoms with Gasteiger partial charge in [-0.3, -0.25) is 10.1 Å². The van der Waals surface area contributed by atoms with Crippen molar-refractivity contribution in [1.29, 1.82) is 0 Å². The number of hydrogen-bond donors (Lipinski definition) is 2. The van der Waals surface area contributed by atoms with Crippen LogP contribution in [0.5, 0.6) is 0 Å². The third-order valence-electron chi connectivity index (χ3n) is 3.38. The van der Waals surface area contributed by atoms with E-state index in [4.69, 9.17) is 12.2 Å². The highest BCUT2D eigenvalue weighted by atomic mass is 127. The Morgan fingerprint density at radius 3 is 2.04 bits per heavy atom. The number of halogens is 1. The van der Waals surface area contributed by atoms with Crippen molar-refractivity contribution >= 4 is 63.5 Å². The summed E-state index contributed by atoms with van der Waals surface area (Å²) in [6.07, 6.45) is 0. The lowest BCUT2D eigenvalue weighted by Gasteiger charge is -2.12. The van der Waals surface area contributed by atoms with E-state index in [0.717, 1.165) is 3.57 Å². The van der Waals surface area contributed by atoms with Gasteiger partial charge in [0.25, 0.3) is 5.91 Å². The highest BCUT2D eigenvalue weighted by Gasteiger charge is 2.15. The molecule has 2 aromatic carbocycles. The van der Waals surface area contributed by atoms with Gasteiger partial charge in [0, 0.05) is 9.26 Å². The Morgan fingerprint density at radius 1 is 0.963 bits per heavy atom. The van der Waals surface area contributed by atoms with Gasteiger partial charge in [-0.05, 0) is 65.1 Å². The van der Waals surface area contributed by atoms with Crippen molar-refractivity contribution in [2.75, 3.05) is 19.5 Å². The van der Waals surface area contributed by atoms with Crippen LogP contribution in [0, 0.1) is 3.57 Å². The average molecular weight is 498 g/mol. The molecule has 0 radical (unpaired) electrons. The topological polar surface area (TPSA) is 93.7 Å². The molecule has 0 fully saturated rings. The highest BCUT2D eigenvalue weighted by molar-refractivity contribution is 14.1. The second kappa shape index (κ2) is 9.42. The van der Waals surface area contributed by atoms with Crippen molar-refractivity contribution in [3.05, 3.63) is 62.7 Å². The van der Waals surface area contributed by atoms with Crippen LogP contribution in [0.25, 0.3) is 0 Å². The van der Waals surface area contributed by atoms with E-state index < -0.39 is 11.9 Å². The van der Waals surface area contributed by atoms with Crippen molar-refractivity contribution in [2.24, 2.45) is 0 Å². The molecule has 2 N–H and O–H groups in total. The van der Waals surface area contributed by atoms with Crippen LogP contribution in [0.1, 0.15) is 31.1 Å². The smallest absolute Gasteiger partial charge is 0.337 e. The summed E-state index contributed by atoms with van der Waals surface area (Å²) in [5.74, 6) is -1.63. The predicted octanol–water partition coefficient (Wildman–Crippen LogP) is 2.99. The maximum atomic E-state index is 12.3. The second-order valence-electron chi connectivity index (χ2n) is 5.17. The first-order valence-electron chi connectivity index (χ1n) is 7.54. The Morgan fingerprint density at radius 2 is 1.52 bits per heavy atom. The number of anilines is 1. The summed E-state index contributed by atoms with van der Waals surface area (Å²) in [6.45, 7) is 0. The maximum absolute atomic E-state index is 12.3. The van der Waals surface area contributed by atoms with Crippen molar-refractivity contribution < 1.29 is 23.9 Å². The highest BCUT2D eigenvalue weighted by Crippen LogP contribution is 2.17. The van der Waals surface area contributed by atoms with Crippen LogP contribution in [0.4, 0.5) is 5.69 Å². The van der Waals surface area contributed by atoms with Gasteiger partial charge < -0.3 is 14.8 Å².